The second-order valence-electron chi connectivity index (χ2n) is 3.62. The van der Waals surface area contributed by atoms with Crippen molar-refractivity contribution in [1.82, 2.24) is 15.5 Å². The molecule has 1 heterocycles. The van der Waals surface area contributed by atoms with Gasteiger partial charge >= 0.3 is 0 Å². The van der Waals surface area contributed by atoms with Gasteiger partial charge in [-0.25, -0.2) is 0 Å². The number of aromatic nitrogens is 2. The van der Waals surface area contributed by atoms with Crippen molar-refractivity contribution < 1.29 is 4.79 Å². The highest BCUT2D eigenvalue weighted by atomic mass is 16.2. The molecule has 1 aromatic heterocycles. The van der Waals surface area contributed by atoms with E-state index in [1.54, 1.807) is 12.3 Å². The summed E-state index contributed by atoms with van der Waals surface area (Å²) in [4.78, 5) is 11.8. The van der Waals surface area contributed by atoms with Crippen LogP contribution >= 0.6 is 0 Å². The molecule has 1 amide bonds. The molecule has 0 fully saturated rings. The highest BCUT2D eigenvalue weighted by Gasteiger charge is 2.26. The normalized spacial score (nSPS) is 11.4. The first-order valence-corrected chi connectivity index (χ1v) is 5.19. The minimum Gasteiger partial charge on any atom is -0.344 e. The zero-order chi connectivity index (χ0) is 11.3. The molecule has 0 saturated carbocycles. The van der Waals surface area contributed by atoms with Gasteiger partial charge in [0.15, 0.2) is 0 Å². The Labute approximate surface area is 89.4 Å². The molecule has 0 bridgehead atoms. The lowest BCUT2D eigenvalue weighted by Gasteiger charge is -2.31. The molecular formula is C10H18N4O. The Morgan fingerprint density at radius 2 is 2.27 bits per heavy atom. The Hall–Kier alpha value is -1.36. The van der Waals surface area contributed by atoms with E-state index in [1.807, 2.05) is 13.8 Å². The second kappa shape index (κ2) is 4.93. The summed E-state index contributed by atoms with van der Waals surface area (Å²) >= 11 is 0. The molecule has 84 valence electrons. The van der Waals surface area contributed by atoms with Crippen LogP contribution in [-0.2, 0) is 0 Å². The molecule has 0 radical (unpaired) electrons. The summed E-state index contributed by atoms with van der Waals surface area (Å²) in [5.41, 5.74) is 5.85. The van der Waals surface area contributed by atoms with E-state index in [9.17, 15) is 4.79 Å². The third kappa shape index (κ3) is 2.56. The molecule has 0 unspecified atom stereocenters. The summed E-state index contributed by atoms with van der Waals surface area (Å²) in [6.07, 6.45) is 3.19. The molecule has 1 rings (SSSR count). The van der Waals surface area contributed by atoms with Gasteiger partial charge in [-0.05, 0) is 18.9 Å². The fourth-order valence-electron chi connectivity index (χ4n) is 1.46. The predicted molar refractivity (Wildman–Crippen MR) is 58.4 cm³/mol. The van der Waals surface area contributed by atoms with E-state index in [4.69, 9.17) is 5.73 Å². The number of nitrogens with one attached hydrogen (secondary N) is 2. The summed E-state index contributed by atoms with van der Waals surface area (Å²) in [6.45, 7) is 4.48. The molecular weight excluding hydrogens is 192 g/mol. The maximum Gasteiger partial charge on any atom is 0.269 e. The number of H-pyrrole nitrogens is 1. The van der Waals surface area contributed by atoms with Crippen LogP contribution in [-0.4, -0.2) is 28.2 Å². The lowest BCUT2D eigenvalue weighted by atomic mass is 9.93. The van der Waals surface area contributed by atoms with Gasteiger partial charge in [-0.2, -0.15) is 5.10 Å². The molecule has 0 aliphatic heterocycles. The van der Waals surface area contributed by atoms with Crippen LogP contribution in [0.25, 0.3) is 0 Å². The molecule has 1 aromatic rings. The SMILES string of the molecule is CCC(CC)(CN)NC(=O)c1ccn[nH]1. The van der Waals surface area contributed by atoms with Crippen LogP contribution in [0.1, 0.15) is 37.2 Å². The van der Waals surface area contributed by atoms with Crippen molar-refractivity contribution in [2.24, 2.45) is 5.73 Å². The van der Waals surface area contributed by atoms with Crippen LogP contribution < -0.4 is 11.1 Å². The van der Waals surface area contributed by atoms with Crippen molar-refractivity contribution in [3.63, 3.8) is 0 Å². The van der Waals surface area contributed by atoms with E-state index in [2.05, 4.69) is 15.5 Å². The molecule has 0 saturated heterocycles. The minimum atomic E-state index is -0.303. The van der Waals surface area contributed by atoms with Crippen molar-refractivity contribution >= 4 is 5.91 Å². The Bertz CT molecular complexity index is 295. The van der Waals surface area contributed by atoms with Crippen LogP contribution in [0, 0.1) is 0 Å². The molecule has 0 atom stereocenters. The smallest absolute Gasteiger partial charge is 0.269 e. The number of rotatable bonds is 5. The van der Waals surface area contributed by atoms with Gasteiger partial charge < -0.3 is 11.1 Å². The molecule has 15 heavy (non-hydrogen) atoms. The average molecular weight is 210 g/mol. The average Bonchev–Trinajstić information content (AvgIpc) is 2.79. The highest BCUT2D eigenvalue weighted by molar-refractivity contribution is 5.92. The van der Waals surface area contributed by atoms with Crippen LogP contribution in [0.2, 0.25) is 0 Å². The number of carbonyl (C=O) groups is 1. The highest BCUT2D eigenvalue weighted by Crippen LogP contribution is 2.13. The molecule has 4 N–H and O–H groups in total. The Morgan fingerprint density at radius 1 is 1.60 bits per heavy atom. The standard InChI is InChI=1S/C10H18N4O/c1-3-10(4-2,7-11)13-9(15)8-5-6-12-14-8/h5-6H,3-4,7,11H2,1-2H3,(H,12,14)(H,13,15). The molecule has 0 aliphatic rings. The van der Waals surface area contributed by atoms with Gasteiger partial charge in [-0.15, -0.1) is 0 Å². The first kappa shape index (κ1) is 11.7. The topological polar surface area (TPSA) is 83.8 Å². The Balaban J connectivity index is 2.71. The van der Waals surface area contributed by atoms with Gasteiger partial charge in [0.1, 0.15) is 5.69 Å². The maximum absolute atomic E-state index is 11.8. The summed E-state index contributed by atoms with van der Waals surface area (Å²) in [6, 6.07) is 1.64. The molecule has 0 aliphatic carbocycles. The first-order chi connectivity index (χ1) is 7.17. The van der Waals surface area contributed by atoms with Gasteiger partial charge in [-0.1, -0.05) is 13.8 Å². The summed E-state index contributed by atoms with van der Waals surface area (Å²) in [7, 11) is 0. The summed E-state index contributed by atoms with van der Waals surface area (Å²) in [5, 5.41) is 9.31. The van der Waals surface area contributed by atoms with Crippen molar-refractivity contribution in [3.8, 4) is 0 Å². The van der Waals surface area contributed by atoms with Gasteiger partial charge in [0.05, 0.1) is 5.54 Å². The van der Waals surface area contributed by atoms with Crippen molar-refractivity contribution in [2.45, 2.75) is 32.2 Å². The van der Waals surface area contributed by atoms with Gasteiger partial charge in [0.2, 0.25) is 0 Å². The number of hydrogen-bond donors (Lipinski definition) is 3. The monoisotopic (exact) mass is 210 g/mol. The van der Waals surface area contributed by atoms with Gasteiger partial charge in [0.25, 0.3) is 5.91 Å². The third-order valence-electron chi connectivity index (χ3n) is 2.87. The zero-order valence-electron chi connectivity index (χ0n) is 9.21. The van der Waals surface area contributed by atoms with E-state index in [-0.39, 0.29) is 11.4 Å². The lowest BCUT2D eigenvalue weighted by Crippen LogP contribution is -2.52. The van der Waals surface area contributed by atoms with Crippen molar-refractivity contribution in [2.75, 3.05) is 6.54 Å². The fraction of sp³-hybridized carbons (Fsp3) is 0.600. The Kier molecular flexibility index (Phi) is 3.85. The maximum atomic E-state index is 11.8. The van der Waals surface area contributed by atoms with E-state index in [1.165, 1.54) is 0 Å². The molecule has 0 spiro atoms. The largest absolute Gasteiger partial charge is 0.344 e. The molecule has 5 heteroatoms. The number of carbonyl (C=O) groups excluding carboxylic acids is 1. The lowest BCUT2D eigenvalue weighted by molar-refractivity contribution is 0.0890. The van der Waals surface area contributed by atoms with Crippen molar-refractivity contribution in [1.29, 1.82) is 0 Å². The molecule has 0 aromatic carbocycles. The zero-order valence-corrected chi connectivity index (χ0v) is 9.21. The van der Waals surface area contributed by atoms with E-state index in [0.717, 1.165) is 12.8 Å². The van der Waals surface area contributed by atoms with E-state index >= 15 is 0 Å². The minimum absolute atomic E-state index is 0.151. The van der Waals surface area contributed by atoms with Gasteiger partial charge in [0, 0.05) is 12.7 Å². The number of nitrogens with two attached hydrogens (primary N) is 1. The van der Waals surface area contributed by atoms with Crippen LogP contribution in [0.5, 0.6) is 0 Å². The van der Waals surface area contributed by atoms with Crippen LogP contribution in [0.3, 0.4) is 0 Å². The van der Waals surface area contributed by atoms with E-state index < -0.39 is 0 Å². The number of hydrogen-bond acceptors (Lipinski definition) is 3. The Morgan fingerprint density at radius 3 is 2.67 bits per heavy atom. The number of nitrogens with zero attached hydrogens (tertiary/aromatic N) is 1. The quantitative estimate of drug-likeness (QED) is 0.667. The van der Waals surface area contributed by atoms with Gasteiger partial charge in [-0.3, -0.25) is 9.89 Å². The van der Waals surface area contributed by atoms with Crippen LogP contribution in [0.4, 0.5) is 0 Å². The predicted octanol–water partition coefficient (Wildman–Crippen LogP) is 0.657. The summed E-state index contributed by atoms with van der Waals surface area (Å²) < 4.78 is 0. The molecule has 5 nitrogen and oxygen atoms in total. The van der Waals surface area contributed by atoms with Crippen molar-refractivity contribution in [3.05, 3.63) is 18.0 Å². The van der Waals surface area contributed by atoms with Crippen LogP contribution in [0.15, 0.2) is 12.3 Å². The van der Waals surface area contributed by atoms with E-state index in [0.29, 0.717) is 12.2 Å². The number of amides is 1. The summed E-state index contributed by atoms with van der Waals surface area (Å²) in [5.74, 6) is -0.151. The first-order valence-electron chi connectivity index (χ1n) is 5.19. The fourth-order valence-corrected chi connectivity index (χ4v) is 1.46. The number of aromatic amines is 1. The second-order valence-corrected chi connectivity index (χ2v) is 3.62. The third-order valence-corrected chi connectivity index (χ3v) is 2.87.